The predicted molar refractivity (Wildman–Crippen MR) is 282 cm³/mol. The minimum absolute atomic E-state index is 0.0160. The Hall–Kier alpha value is -6.59. The molecule has 16 heteroatoms. The van der Waals surface area contributed by atoms with E-state index in [0.717, 1.165) is 96.4 Å². The number of carbonyl (C=O) groups excluding carboxylic acids is 3. The maximum absolute atomic E-state index is 13.7. The maximum atomic E-state index is 13.7. The second-order valence-corrected chi connectivity index (χ2v) is 21.4. The molecule has 3 amide bonds. The molecule has 0 radical (unpaired) electrons. The van der Waals surface area contributed by atoms with Crippen molar-refractivity contribution in [3.63, 3.8) is 0 Å². The van der Waals surface area contributed by atoms with E-state index in [-0.39, 0.29) is 47.5 Å². The lowest BCUT2D eigenvalue weighted by Gasteiger charge is -2.35. The smallest absolute Gasteiger partial charge is 0.355 e. The van der Waals surface area contributed by atoms with Gasteiger partial charge in [0.25, 0.3) is 5.91 Å². The highest BCUT2D eigenvalue weighted by atomic mass is 32.1. The van der Waals surface area contributed by atoms with Gasteiger partial charge in [-0.15, -0.1) is 0 Å². The van der Waals surface area contributed by atoms with Crippen molar-refractivity contribution in [2.45, 2.75) is 102 Å². The summed E-state index contributed by atoms with van der Waals surface area (Å²) in [5, 5.41) is 16.5. The van der Waals surface area contributed by atoms with E-state index in [1.165, 1.54) is 30.6 Å². The normalized spacial score (nSPS) is 22.8. The molecule has 3 fully saturated rings. The van der Waals surface area contributed by atoms with Crippen LogP contribution in [-0.2, 0) is 33.8 Å². The van der Waals surface area contributed by atoms with E-state index in [4.69, 9.17) is 19.1 Å². The van der Waals surface area contributed by atoms with Crippen molar-refractivity contribution >= 4 is 72.9 Å². The molecule has 2 aliphatic carbocycles. The molecule has 3 aromatic carbocycles. The SMILES string of the molecule is CC1C(c2ccc(N3CCc4cccc(C(=O)Nc5nc6ccccc6s5)c4C3)nc2C(=O)O)=CC=CC1OC1CCC(CCCCN2CCN(Cc3nc4ccc(C5CCC(=O)NC5=O)cc4o3)CC2)CC1. The standard InChI is InChI=1S/C57H62N8O7S/c1-35-40(42-20-23-50(60-53(42)56(69)70)65-27-25-37-9-6-11-43(44(37)33-65)55(68)62-57-59-46-12-2-3-14-49(46)73-57)10-7-13-47(35)71-39-18-15-36(16-19-39)8-4-5-26-63-28-30-64(31-29-63)34-52-58-45-22-17-38(32-48(45)72-52)41-21-24-51(66)61-54(41)67/h2-3,6-7,9-14,17,20,22-23,32,35-36,39,41,47H,4-5,8,15-16,18-19,21,24-31,33-34H2,1H3,(H,69,70)(H,59,62,68)(H,61,66,67). The molecule has 6 aromatic rings. The first-order chi connectivity index (χ1) is 35.6. The summed E-state index contributed by atoms with van der Waals surface area (Å²) in [5.41, 5.74) is 7.26. The number of piperazine rings is 1. The lowest BCUT2D eigenvalue weighted by atomic mass is 9.83. The van der Waals surface area contributed by atoms with Gasteiger partial charge in [-0.1, -0.05) is 79.7 Å². The highest BCUT2D eigenvalue weighted by Crippen LogP contribution is 2.38. The summed E-state index contributed by atoms with van der Waals surface area (Å²) < 4.78 is 13.9. The molecule has 1 saturated carbocycles. The number of nitrogens with one attached hydrogen (secondary N) is 2. The van der Waals surface area contributed by atoms with Gasteiger partial charge in [0.05, 0.1) is 34.9 Å². The van der Waals surface area contributed by atoms with Crippen LogP contribution in [0.2, 0.25) is 0 Å². The number of thiazole rings is 1. The van der Waals surface area contributed by atoms with Crippen molar-refractivity contribution in [2.75, 3.05) is 49.5 Å². The first-order valence-electron chi connectivity index (χ1n) is 26.1. The van der Waals surface area contributed by atoms with E-state index in [0.29, 0.717) is 78.4 Å². The second kappa shape index (κ2) is 21.5. The number of aromatic nitrogens is 3. The lowest BCUT2D eigenvalue weighted by molar-refractivity contribution is -0.134. The predicted octanol–water partition coefficient (Wildman–Crippen LogP) is 9.39. The van der Waals surface area contributed by atoms with Gasteiger partial charge >= 0.3 is 5.97 Å². The van der Waals surface area contributed by atoms with Crippen LogP contribution in [-0.4, -0.2) is 105 Å². The summed E-state index contributed by atoms with van der Waals surface area (Å²) in [6, 6.07) is 23.1. The fraction of sp³-hybridized carbons (Fsp3) is 0.421. The van der Waals surface area contributed by atoms with Crippen LogP contribution >= 0.6 is 11.3 Å². The monoisotopic (exact) mass is 1000 g/mol. The zero-order valence-electron chi connectivity index (χ0n) is 41.3. The molecular weight excluding hydrogens is 941 g/mol. The third-order valence-corrected chi connectivity index (χ3v) is 16.7. The average Bonchev–Trinajstić information content (AvgIpc) is 4.01. The molecule has 378 valence electrons. The zero-order valence-corrected chi connectivity index (χ0v) is 42.1. The van der Waals surface area contributed by atoms with Crippen LogP contribution in [0.4, 0.5) is 10.9 Å². The minimum Gasteiger partial charge on any atom is -0.476 e. The number of carboxylic acid groups (broad SMARTS) is 1. The summed E-state index contributed by atoms with van der Waals surface area (Å²) in [7, 11) is 0. The molecule has 3 aliphatic heterocycles. The van der Waals surface area contributed by atoms with Crippen LogP contribution in [0.3, 0.4) is 0 Å². The fourth-order valence-corrected chi connectivity index (χ4v) is 12.4. The number of benzene rings is 3. The van der Waals surface area contributed by atoms with Crippen molar-refractivity contribution in [2.24, 2.45) is 11.8 Å². The number of pyridine rings is 1. The first kappa shape index (κ1) is 48.7. The van der Waals surface area contributed by atoms with E-state index in [9.17, 15) is 24.3 Å². The fourth-order valence-electron chi connectivity index (χ4n) is 11.6. The number of amides is 3. The van der Waals surface area contributed by atoms with Gasteiger partial charge in [-0.2, -0.15) is 0 Å². The number of unbranched alkanes of at least 4 members (excludes halogenated alkanes) is 1. The number of para-hydroxylation sites is 1. The van der Waals surface area contributed by atoms with Gasteiger partial charge < -0.3 is 24.1 Å². The van der Waals surface area contributed by atoms with E-state index in [1.807, 2.05) is 78.9 Å². The van der Waals surface area contributed by atoms with Crippen molar-refractivity contribution in [3.05, 3.63) is 130 Å². The summed E-state index contributed by atoms with van der Waals surface area (Å²) in [4.78, 5) is 71.7. The number of rotatable bonds is 15. The van der Waals surface area contributed by atoms with Crippen molar-refractivity contribution < 1.29 is 33.4 Å². The van der Waals surface area contributed by atoms with E-state index >= 15 is 0 Å². The number of anilines is 2. The largest absolute Gasteiger partial charge is 0.476 e. The Labute approximate surface area is 428 Å². The molecule has 6 heterocycles. The number of imide groups is 1. The Kier molecular flexibility index (Phi) is 14.3. The van der Waals surface area contributed by atoms with Crippen molar-refractivity contribution in [3.8, 4) is 0 Å². The number of hydrogen-bond acceptors (Lipinski definition) is 13. The minimum atomic E-state index is -1.08. The number of oxazole rings is 1. The molecule has 3 atom stereocenters. The molecule has 2 saturated heterocycles. The van der Waals surface area contributed by atoms with E-state index in [1.54, 1.807) is 0 Å². The number of nitrogens with zero attached hydrogens (tertiary/aromatic N) is 6. The third-order valence-electron chi connectivity index (χ3n) is 15.7. The number of fused-ring (bicyclic) bond motifs is 3. The quantitative estimate of drug-likeness (QED) is 0.0654. The molecule has 11 rings (SSSR count). The zero-order chi connectivity index (χ0) is 50.0. The van der Waals surface area contributed by atoms with Crippen molar-refractivity contribution in [1.82, 2.24) is 30.1 Å². The average molecular weight is 1000 g/mol. The van der Waals surface area contributed by atoms with Gasteiger partial charge in [-0.25, -0.2) is 19.7 Å². The molecule has 3 N–H and O–H groups in total. The number of carboxylic acids is 1. The Morgan fingerprint density at radius 2 is 1.71 bits per heavy atom. The Morgan fingerprint density at radius 1 is 0.877 bits per heavy atom. The number of ether oxygens (including phenoxy) is 1. The Morgan fingerprint density at radius 3 is 2.53 bits per heavy atom. The van der Waals surface area contributed by atoms with Crippen LogP contribution in [0, 0.1) is 11.8 Å². The summed E-state index contributed by atoms with van der Waals surface area (Å²) in [6.45, 7) is 8.94. The van der Waals surface area contributed by atoms with Crippen LogP contribution < -0.4 is 15.5 Å². The summed E-state index contributed by atoms with van der Waals surface area (Å²) >= 11 is 1.44. The van der Waals surface area contributed by atoms with Gasteiger partial charge in [0.1, 0.15) is 11.3 Å². The van der Waals surface area contributed by atoms with Crippen LogP contribution in [0.25, 0.3) is 26.9 Å². The molecule has 0 bridgehead atoms. The van der Waals surface area contributed by atoms with Crippen LogP contribution in [0.15, 0.2) is 95.4 Å². The lowest BCUT2D eigenvalue weighted by Crippen LogP contribution is -2.46. The molecule has 3 aromatic heterocycles. The number of carbonyl (C=O) groups is 4. The Bertz CT molecular complexity index is 3080. The topological polar surface area (TPSA) is 183 Å². The number of aromatic carboxylic acids is 1. The second-order valence-electron chi connectivity index (χ2n) is 20.4. The molecular formula is C57H62N8O7S. The van der Waals surface area contributed by atoms with Gasteiger partial charge in [0, 0.05) is 62.7 Å². The number of piperidine rings is 1. The molecule has 0 spiro atoms. The number of allylic oxidation sites excluding steroid dienone is 2. The van der Waals surface area contributed by atoms with Gasteiger partial charge in [-0.3, -0.25) is 29.9 Å². The summed E-state index contributed by atoms with van der Waals surface area (Å²) in [5.74, 6) is -0.198. The third kappa shape index (κ3) is 10.9. The van der Waals surface area contributed by atoms with E-state index in [2.05, 4.69) is 49.4 Å². The van der Waals surface area contributed by atoms with E-state index < -0.39 is 5.97 Å². The molecule has 15 nitrogen and oxygen atoms in total. The first-order valence-corrected chi connectivity index (χ1v) is 26.9. The Balaban J connectivity index is 0.618. The number of hydrogen-bond donors (Lipinski definition) is 3. The maximum Gasteiger partial charge on any atom is 0.355 e. The highest BCUT2D eigenvalue weighted by molar-refractivity contribution is 7.22. The van der Waals surface area contributed by atoms with Crippen LogP contribution in [0.1, 0.15) is 120 Å². The van der Waals surface area contributed by atoms with Gasteiger partial charge in [-0.05, 0) is 122 Å². The van der Waals surface area contributed by atoms with Gasteiger partial charge in [0.2, 0.25) is 17.7 Å². The van der Waals surface area contributed by atoms with Crippen LogP contribution in [0.5, 0.6) is 0 Å². The van der Waals surface area contributed by atoms with Gasteiger partial charge in [0.15, 0.2) is 16.4 Å². The molecule has 3 unspecified atom stereocenters. The van der Waals surface area contributed by atoms with Crippen molar-refractivity contribution in [1.29, 1.82) is 0 Å². The highest BCUT2D eigenvalue weighted by Gasteiger charge is 2.33. The molecule has 73 heavy (non-hydrogen) atoms. The molecule has 5 aliphatic rings. The summed E-state index contributed by atoms with van der Waals surface area (Å²) in [6.07, 6.45) is 15.7.